The third-order valence-electron chi connectivity index (χ3n) is 2.99. The van der Waals surface area contributed by atoms with Gasteiger partial charge in [-0.25, -0.2) is 4.79 Å². The van der Waals surface area contributed by atoms with Gasteiger partial charge in [0, 0.05) is 26.8 Å². The first-order valence-corrected chi connectivity index (χ1v) is 6.52. The molecule has 1 unspecified atom stereocenters. The lowest BCUT2D eigenvalue weighted by atomic mass is 9.90. The molecule has 0 aliphatic heterocycles. The van der Waals surface area contributed by atoms with E-state index in [9.17, 15) is 9.59 Å². The van der Waals surface area contributed by atoms with Crippen LogP contribution in [0.15, 0.2) is 0 Å². The summed E-state index contributed by atoms with van der Waals surface area (Å²) in [5.74, 6) is -1.29. The van der Waals surface area contributed by atoms with E-state index < -0.39 is 11.9 Å². The Balaban J connectivity index is 3.78. The van der Waals surface area contributed by atoms with Crippen molar-refractivity contribution < 1.29 is 19.4 Å². The van der Waals surface area contributed by atoms with Gasteiger partial charge in [-0.05, 0) is 18.3 Å². The number of carboxylic acids is 1. The van der Waals surface area contributed by atoms with Crippen molar-refractivity contribution >= 4 is 12.0 Å². The smallest absolute Gasteiger partial charge is 0.314 e. The zero-order chi connectivity index (χ0) is 14.9. The van der Waals surface area contributed by atoms with E-state index in [0.717, 1.165) is 6.42 Å². The molecule has 0 radical (unpaired) electrons. The normalized spacial score (nSPS) is 12.8. The van der Waals surface area contributed by atoms with E-state index in [0.29, 0.717) is 26.1 Å². The summed E-state index contributed by atoms with van der Waals surface area (Å²) in [6, 6.07) is -0.261. The summed E-state index contributed by atoms with van der Waals surface area (Å²) in [5.41, 5.74) is -0.0261. The number of ether oxygens (including phenoxy) is 1. The number of carbonyl (C=O) groups is 2. The topological polar surface area (TPSA) is 87.7 Å². The summed E-state index contributed by atoms with van der Waals surface area (Å²) in [6.07, 6.45) is 1.29. The quantitative estimate of drug-likeness (QED) is 0.594. The minimum Gasteiger partial charge on any atom is -0.481 e. The average molecular weight is 274 g/mol. The van der Waals surface area contributed by atoms with Gasteiger partial charge in [-0.2, -0.15) is 0 Å². The predicted octanol–water partition coefficient (Wildman–Crippen LogP) is 1.46. The number of amides is 2. The molecule has 0 rings (SSSR count). The fourth-order valence-corrected chi connectivity index (χ4v) is 1.37. The van der Waals surface area contributed by atoms with E-state index in [4.69, 9.17) is 9.84 Å². The molecule has 0 aliphatic rings. The SMILES string of the molecule is COCCC(C)(C)CNC(=O)NCCC(C)C(=O)O. The van der Waals surface area contributed by atoms with Gasteiger partial charge in [0.1, 0.15) is 0 Å². The van der Waals surface area contributed by atoms with Crippen molar-refractivity contribution in [3.63, 3.8) is 0 Å². The van der Waals surface area contributed by atoms with Crippen molar-refractivity contribution in [3.05, 3.63) is 0 Å². The second-order valence-electron chi connectivity index (χ2n) is 5.54. The zero-order valence-electron chi connectivity index (χ0n) is 12.3. The minimum absolute atomic E-state index is 0.0261. The summed E-state index contributed by atoms with van der Waals surface area (Å²) < 4.78 is 5.01. The number of methoxy groups -OCH3 is 1. The first kappa shape index (κ1) is 17.7. The second kappa shape index (κ2) is 8.74. The molecule has 0 aromatic carbocycles. The van der Waals surface area contributed by atoms with Crippen molar-refractivity contribution in [2.24, 2.45) is 11.3 Å². The van der Waals surface area contributed by atoms with Gasteiger partial charge in [-0.1, -0.05) is 20.8 Å². The molecule has 0 aromatic heterocycles. The molecule has 0 aromatic rings. The fraction of sp³-hybridized carbons (Fsp3) is 0.846. The molecule has 0 spiro atoms. The van der Waals surface area contributed by atoms with Gasteiger partial charge in [0.05, 0.1) is 5.92 Å². The molecule has 1 atom stereocenters. The molecule has 2 amide bonds. The summed E-state index contributed by atoms with van der Waals surface area (Å²) in [4.78, 5) is 22.1. The first-order chi connectivity index (χ1) is 8.78. The lowest BCUT2D eigenvalue weighted by Gasteiger charge is -2.24. The molecule has 0 bridgehead atoms. The largest absolute Gasteiger partial charge is 0.481 e. The lowest BCUT2D eigenvalue weighted by Crippen LogP contribution is -2.41. The van der Waals surface area contributed by atoms with Gasteiger partial charge in [-0.15, -0.1) is 0 Å². The van der Waals surface area contributed by atoms with Crippen LogP contribution in [0.2, 0.25) is 0 Å². The van der Waals surface area contributed by atoms with Crippen molar-refractivity contribution in [2.45, 2.75) is 33.6 Å². The maximum Gasteiger partial charge on any atom is 0.314 e. The number of hydrogen-bond acceptors (Lipinski definition) is 3. The Labute approximate surface area is 114 Å². The molecule has 0 aliphatic carbocycles. The molecule has 3 N–H and O–H groups in total. The molecule has 0 saturated heterocycles. The summed E-state index contributed by atoms with van der Waals surface area (Å²) >= 11 is 0. The Kier molecular flexibility index (Phi) is 8.14. The van der Waals surface area contributed by atoms with E-state index in [1.54, 1.807) is 14.0 Å². The Morgan fingerprint density at radius 1 is 1.32 bits per heavy atom. The molecule has 0 fully saturated rings. The maximum atomic E-state index is 11.5. The highest BCUT2D eigenvalue weighted by Gasteiger charge is 2.18. The van der Waals surface area contributed by atoms with Crippen LogP contribution in [-0.2, 0) is 9.53 Å². The van der Waals surface area contributed by atoms with Crippen LogP contribution >= 0.6 is 0 Å². The summed E-state index contributed by atoms with van der Waals surface area (Å²) in [5, 5.41) is 14.1. The van der Waals surface area contributed by atoms with Crippen LogP contribution in [0.5, 0.6) is 0 Å². The first-order valence-electron chi connectivity index (χ1n) is 6.52. The zero-order valence-corrected chi connectivity index (χ0v) is 12.3. The maximum absolute atomic E-state index is 11.5. The van der Waals surface area contributed by atoms with Gasteiger partial charge in [0.2, 0.25) is 0 Å². The number of aliphatic carboxylic acids is 1. The Morgan fingerprint density at radius 3 is 2.47 bits per heavy atom. The molecular weight excluding hydrogens is 248 g/mol. The highest BCUT2D eigenvalue weighted by Crippen LogP contribution is 2.18. The molecule has 6 nitrogen and oxygen atoms in total. The number of carbonyl (C=O) groups excluding carboxylic acids is 1. The van der Waals surface area contributed by atoms with Gasteiger partial charge in [-0.3, -0.25) is 4.79 Å². The number of nitrogens with one attached hydrogen (secondary N) is 2. The molecule has 19 heavy (non-hydrogen) atoms. The predicted molar refractivity (Wildman–Crippen MR) is 73.1 cm³/mol. The number of carboxylic acid groups (broad SMARTS) is 1. The van der Waals surface area contributed by atoms with E-state index in [1.165, 1.54) is 0 Å². The van der Waals surface area contributed by atoms with Crippen molar-refractivity contribution in [1.29, 1.82) is 0 Å². The van der Waals surface area contributed by atoms with Gasteiger partial charge in [0.25, 0.3) is 0 Å². The van der Waals surface area contributed by atoms with Crippen LogP contribution in [0.1, 0.15) is 33.6 Å². The van der Waals surface area contributed by atoms with Crippen LogP contribution in [0, 0.1) is 11.3 Å². The Hall–Kier alpha value is -1.30. The highest BCUT2D eigenvalue weighted by molar-refractivity contribution is 5.74. The number of hydrogen-bond donors (Lipinski definition) is 3. The van der Waals surface area contributed by atoms with E-state index >= 15 is 0 Å². The standard InChI is InChI=1S/C13H26N2O4/c1-10(11(16)17)5-7-14-12(18)15-9-13(2,3)6-8-19-4/h10H,5-9H2,1-4H3,(H,16,17)(H2,14,15,18). The second-order valence-corrected chi connectivity index (χ2v) is 5.54. The third kappa shape index (κ3) is 9.30. The van der Waals surface area contributed by atoms with Gasteiger partial charge in [0.15, 0.2) is 0 Å². The molecule has 0 heterocycles. The molecule has 0 saturated carbocycles. The average Bonchev–Trinajstić information content (AvgIpc) is 2.34. The van der Waals surface area contributed by atoms with Crippen molar-refractivity contribution in [3.8, 4) is 0 Å². The van der Waals surface area contributed by atoms with Crippen LogP contribution in [0.3, 0.4) is 0 Å². The fourth-order valence-electron chi connectivity index (χ4n) is 1.37. The van der Waals surface area contributed by atoms with Crippen LogP contribution in [0.4, 0.5) is 4.79 Å². The van der Waals surface area contributed by atoms with Gasteiger partial charge < -0.3 is 20.5 Å². The van der Waals surface area contributed by atoms with Crippen LogP contribution < -0.4 is 10.6 Å². The Morgan fingerprint density at radius 2 is 1.95 bits per heavy atom. The minimum atomic E-state index is -0.845. The van der Waals surface area contributed by atoms with Crippen LogP contribution in [-0.4, -0.2) is 43.9 Å². The lowest BCUT2D eigenvalue weighted by molar-refractivity contribution is -0.141. The van der Waals surface area contributed by atoms with E-state index in [-0.39, 0.29) is 11.4 Å². The highest BCUT2D eigenvalue weighted by atomic mass is 16.5. The van der Waals surface area contributed by atoms with Crippen LogP contribution in [0.25, 0.3) is 0 Å². The molecule has 6 heteroatoms. The van der Waals surface area contributed by atoms with Crippen molar-refractivity contribution in [1.82, 2.24) is 10.6 Å². The van der Waals surface area contributed by atoms with E-state index in [2.05, 4.69) is 24.5 Å². The number of urea groups is 1. The molecular formula is C13H26N2O4. The molecule has 112 valence electrons. The van der Waals surface area contributed by atoms with E-state index in [1.807, 2.05) is 0 Å². The third-order valence-corrected chi connectivity index (χ3v) is 2.99. The van der Waals surface area contributed by atoms with Crippen molar-refractivity contribution in [2.75, 3.05) is 26.8 Å². The Bertz CT molecular complexity index is 292. The van der Waals surface area contributed by atoms with Gasteiger partial charge >= 0.3 is 12.0 Å². The monoisotopic (exact) mass is 274 g/mol. The summed E-state index contributed by atoms with van der Waals surface area (Å²) in [7, 11) is 1.65. The number of rotatable bonds is 9. The summed E-state index contributed by atoms with van der Waals surface area (Å²) in [6.45, 7) is 7.30.